The molecule has 2 N–H and O–H groups in total. The van der Waals surface area contributed by atoms with Gasteiger partial charge in [0.2, 0.25) is 11.8 Å². The van der Waals surface area contributed by atoms with E-state index in [0.29, 0.717) is 45.0 Å². The Morgan fingerprint density at radius 1 is 1.20 bits per heavy atom. The molecule has 0 bridgehead atoms. The number of hydrogen-bond acceptors (Lipinski definition) is 8. The maximum Gasteiger partial charge on any atom is 0.407 e. The highest BCUT2D eigenvalue weighted by Gasteiger charge is 2.33. The highest BCUT2D eigenvalue weighted by atomic mass is 19.1. The number of halogens is 1. The predicted octanol–water partition coefficient (Wildman–Crippen LogP) is 1.52. The molecule has 0 radical (unpaired) electrons. The number of para-hydroxylation sites is 1. The van der Waals surface area contributed by atoms with Crippen LogP contribution >= 0.6 is 0 Å². The molecule has 2 aliphatic rings. The molecule has 0 aliphatic carbocycles. The average molecular weight is 577 g/mol. The van der Waals surface area contributed by atoms with E-state index in [1.807, 2.05) is 32.0 Å². The number of carbonyl (C=O) groups excluding carboxylic acids is 3. The number of β-amino-alcohol motifs (C(OH)–C–C–N with tert-alkyl or cyclic N) is 1. The standard InChI is InChI=1S/C29H45FN6O5/c1-5-6-19-41-29(40)31-24-12-14-36(27-23(30)9-7-10-25(27)33(4)28(24)39)21-22(37)20-34-15-17-35(18-16-34)26(38)11-8-13-32(2)3/h7-11,22,24,37H,5-6,12-21H2,1-4H3,(H,31,40)/b11-8+/t22?,24-/m0/s1. The molecule has 12 heteroatoms. The van der Waals surface area contributed by atoms with E-state index in [1.54, 1.807) is 29.0 Å². The minimum atomic E-state index is -0.859. The number of unbranched alkanes of at least 4 members (excludes halogenated alkanes) is 1. The first-order valence-corrected chi connectivity index (χ1v) is 14.4. The van der Waals surface area contributed by atoms with Crippen LogP contribution in [0.5, 0.6) is 0 Å². The minimum Gasteiger partial charge on any atom is -0.450 e. The summed E-state index contributed by atoms with van der Waals surface area (Å²) < 4.78 is 20.4. The Labute approximate surface area is 242 Å². The van der Waals surface area contributed by atoms with Crippen molar-refractivity contribution in [3.05, 3.63) is 36.2 Å². The molecular weight excluding hydrogens is 531 g/mol. The molecule has 3 rings (SSSR count). The molecule has 41 heavy (non-hydrogen) atoms. The fourth-order valence-corrected chi connectivity index (χ4v) is 5.00. The lowest BCUT2D eigenvalue weighted by molar-refractivity contribution is -0.127. The van der Waals surface area contributed by atoms with Gasteiger partial charge in [0.05, 0.1) is 24.1 Å². The van der Waals surface area contributed by atoms with E-state index < -0.39 is 24.1 Å². The summed E-state index contributed by atoms with van der Waals surface area (Å²) in [6.07, 6.45) is 3.79. The zero-order chi connectivity index (χ0) is 29.9. The van der Waals surface area contributed by atoms with Crippen LogP contribution in [0.2, 0.25) is 0 Å². The van der Waals surface area contributed by atoms with Crippen LogP contribution in [0.1, 0.15) is 26.2 Å². The Balaban J connectivity index is 1.63. The van der Waals surface area contributed by atoms with Crippen molar-refractivity contribution in [2.75, 3.05) is 89.9 Å². The average Bonchev–Trinajstić information content (AvgIpc) is 2.93. The zero-order valence-corrected chi connectivity index (χ0v) is 24.7. The number of fused-ring (bicyclic) bond motifs is 1. The monoisotopic (exact) mass is 576 g/mol. The smallest absolute Gasteiger partial charge is 0.407 e. The van der Waals surface area contributed by atoms with Crippen LogP contribution < -0.4 is 15.1 Å². The summed E-state index contributed by atoms with van der Waals surface area (Å²) in [5.74, 6) is -0.876. The fraction of sp³-hybridized carbons (Fsp3) is 0.621. The summed E-state index contributed by atoms with van der Waals surface area (Å²) in [6, 6.07) is 3.66. The molecular formula is C29H45FN6O5. The van der Waals surface area contributed by atoms with Crippen LogP contribution in [-0.4, -0.2) is 130 Å². The molecule has 0 aromatic heterocycles. The van der Waals surface area contributed by atoms with Gasteiger partial charge in [-0.05, 0) is 39.1 Å². The first-order valence-electron chi connectivity index (χ1n) is 14.4. The number of rotatable bonds is 11. The number of likely N-dealkylation sites (N-methyl/N-ethyl adjacent to an activating group) is 2. The lowest BCUT2D eigenvalue weighted by atomic mass is 10.1. The third-order valence-electron chi connectivity index (χ3n) is 7.30. The number of nitrogens with one attached hydrogen (secondary N) is 1. The van der Waals surface area contributed by atoms with E-state index in [9.17, 15) is 19.5 Å². The first kappa shape index (κ1) is 32.3. The van der Waals surface area contributed by atoms with E-state index in [-0.39, 0.29) is 43.6 Å². The second-order valence-corrected chi connectivity index (χ2v) is 10.9. The fourth-order valence-electron chi connectivity index (χ4n) is 5.00. The van der Waals surface area contributed by atoms with Crippen LogP contribution in [0.3, 0.4) is 0 Å². The Bertz CT molecular complexity index is 1060. The van der Waals surface area contributed by atoms with E-state index >= 15 is 4.39 Å². The van der Waals surface area contributed by atoms with Crippen LogP contribution in [0.25, 0.3) is 0 Å². The highest BCUT2D eigenvalue weighted by molar-refractivity contribution is 6.01. The van der Waals surface area contributed by atoms with Crippen molar-refractivity contribution in [1.29, 1.82) is 0 Å². The van der Waals surface area contributed by atoms with E-state index in [0.717, 1.165) is 12.8 Å². The summed E-state index contributed by atoms with van der Waals surface area (Å²) in [4.78, 5) is 46.9. The third-order valence-corrected chi connectivity index (χ3v) is 7.30. The number of ether oxygens (including phenoxy) is 1. The predicted molar refractivity (Wildman–Crippen MR) is 157 cm³/mol. The van der Waals surface area contributed by atoms with Crippen molar-refractivity contribution in [1.82, 2.24) is 20.0 Å². The number of alkyl carbamates (subject to hydrolysis) is 1. The van der Waals surface area contributed by atoms with Gasteiger partial charge in [-0.25, -0.2) is 9.18 Å². The molecule has 2 aliphatic heterocycles. The molecule has 3 amide bonds. The molecule has 1 aromatic carbocycles. The number of hydrogen-bond donors (Lipinski definition) is 2. The molecule has 2 atom stereocenters. The van der Waals surface area contributed by atoms with Crippen molar-refractivity contribution in [2.45, 2.75) is 38.3 Å². The van der Waals surface area contributed by atoms with Gasteiger partial charge in [0.25, 0.3) is 0 Å². The Hall–Kier alpha value is -3.22. The molecule has 0 saturated carbocycles. The summed E-state index contributed by atoms with van der Waals surface area (Å²) in [5, 5.41) is 13.7. The van der Waals surface area contributed by atoms with Gasteiger partial charge in [0.15, 0.2) is 0 Å². The molecule has 1 unspecified atom stereocenters. The number of carbonyl (C=O) groups is 3. The van der Waals surface area contributed by atoms with Crippen LogP contribution in [-0.2, 0) is 14.3 Å². The number of benzene rings is 1. The quantitative estimate of drug-likeness (QED) is 0.302. The second-order valence-electron chi connectivity index (χ2n) is 10.9. The molecule has 1 aromatic rings. The van der Waals surface area contributed by atoms with Crippen LogP contribution in [0.4, 0.5) is 20.6 Å². The largest absolute Gasteiger partial charge is 0.450 e. The number of aliphatic hydroxyl groups excluding tert-OH is 1. The lowest BCUT2D eigenvalue weighted by Gasteiger charge is -2.38. The molecule has 2 heterocycles. The summed E-state index contributed by atoms with van der Waals surface area (Å²) in [6.45, 7) is 6.06. The van der Waals surface area contributed by atoms with Crippen molar-refractivity contribution in [3.8, 4) is 0 Å². The topological polar surface area (TPSA) is 109 Å². The van der Waals surface area contributed by atoms with Crippen LogP contribution in [0, 0.1) is 5.82 Å². The second kappa shape index (κ2) is 15.7. The van der Waals surface area contributed by atoms with Gasteiger partial charge in [0, 0.05) is 65.5 Å². The lowest BCUT2D eigenvalue weighted by Crippen LogP contribution is -2.53. The third kappa shape index (κ3) is 9.40. The summed E-state index contributed by atoms with van der Waals surface area (Å²) in [5.41, 5.74) is 0.605. The molecule has 1 saturated heterocycles. The maximum atomic E-state index is 15.2. The summed E-state index contributed by atoms with van der Waals surface area (Å²) in [7, 11) is 5.43. The first-order chi connectivity index (χ1) is 19.6. The van der Waals surface area contributed by atoms with E-state index in [1.165, 1.54) is 17.0 Å². The Morgan fingerprint density at radius 2 is 1.93 bits per heavy atom. The molecule has 228 valence electrons. The minimum absolute atomic E-state index is 0.0177. The zero-order valence-electron chi connectivity index (χ0n) is 24.7. The van der Waals surface area contributed by atoms with Crippen molar-refractivity contribution < 1.29 is 28.6 Å². The van der Waals surface area contributed by atoms with E-state index in [4.69, 9.17) is 4.74 Å². The number of piperazine rings is 1. The van der Waals surface area contributed by atoms with Gasteiger partial charge in [-0.1, -0.05) is 25.5 Å². The highest BCUT2D eigenvalue weighted by Crippen LogP contribution is 2.34. The molecule has 11 nitrogen and oxygen atoms in total. The SMILES string of the molecule is CCCCOC(=O)N[C@H]1CCN(CC(O)CN2CCN(C(=O)/C=C/CN(C)C)CC2)c2c(F)cccc2N(C)C1=O. The van der Waals surface area contributed by atoms with Gasteiger partial charge in [-0.3, -0.25) is 14.5 Å². The normalized spacial score (nSPS) is 19.2. The Kier molecular flexibility index (Phi) is 12.4. The van der Waals surface area contributed by atoms with Gasteiger partial charge in [-0.15, -0.1) is 0 Å². The number of aliphatic hydroxyl groups is 1. The number of anilines is 2. The van der Waals surface area contributed by atoms with Crippen molar-refractivity contribution >= 4 is 29.3 Å². The van der Waals surface area contributed by atoms with E-state index in [2.05, 4.69) is 10.2 Å². The molecule has 0 spiro atoms. The summed E-state index contributed by atoms with van der Waals surface area (Å²) >= 11 is 0. The number of nitrogens with zero attached hydrogens (tertiary/aromatic N) is 5. The van der Waals surface area contributed by atoms with Gasteiger partial charge < -0.3 is 34.8 Å². The van der Waals surface area contributed by atoms with Crippen molar-refractivity contribution in [2.24, 2.45) is 0 Å². The van der Waals surface area contributed by atoms with Crippen LogP contribution in [0.15, 0.2) is 30.4 Å². The Morgan fingerprint density at radius 3 is 2.61 bits per heavy atom. The number of amides is 3. The van der Waals surface area contributed by atoms with Gasteiger partial charge in [0.1, 0.15) is 11.9 Å². The van der Waals surface area contributed by atoms with Gasteiger partial charge in [-0.2, -0.15) is 0 Å². The van der Waals surface area contributed by atoms with Crippen molar-refractivity contribution in [3.63, 3.8) is 0 Å². The maximum absolute atomic E-state index is 15.2. The molecule has 1 fully saturated rings. The van der Waals surface area contributed by atoms with Gasteiger partial charge >= 0.3 is 6.09 Å².